The monoisotopic (exact) mass is 219 g/mol. The summed E-state index contributed by atoms with van der Waals surface area (Å²) in [5.41, 5.74) is 8.81. The smallest absolute Gasteiger partial charge is 0.119 e. The van der Waals surface area contributed by atoms with Crippen LogP contribution in [0.15, 0.2) is 18.2 Å². The second-order valence-electron chi connectivity index (χ2n) is 4.56. The first kappa shape index (κ1) is 11.5. The van der Waals surface area contributed by atoms with Crippen LogP contribution >= 0.6 is 0 Å². The minimum atomic E-state index is 0.207. The van der Waals surface area contributed by atoms with Crippen molar-refractivity contribution in [1.82, 2.24) is 0 Å². The number of nitrogens with two attached hydrogens (primary N) is 1. The third kappa shape index (κ3) is 2.56. The van der Waals surface area contributed by atoms with Gasteiger partial charge >= 0.3 is 0 Å². The average Bonchev–Trinajstić information content (AvgIpc) is 2.30. The minimum absolute atomic E-state index is 0.207. The standard InChI is InChI=1S/C14H21NO/c1-2-3-9-16-12-8-7-11-5-4-6-14(15)13(11)10-12/h7-8,10,14H,2-6,9,15H2,1H3/t14-/m0/s1. The van der Waals surface area contributed by atoms with Gasteiger partial charge in [-0.15, -0.1) is 0 Å². The van der Waals surface area contributed by atoms with E-state index in [4.69, 9.17) is 10.5 Å². The van der Waals surface area contributed by atoms with Crippen LogP contribution in [-0.2, 0) is 6.42 Å². The number of ether oxygens (including phenoxy) is 1. The molecule has 2 N–H and O–H groups in total. The van der Waals surface area contributed by atoms with Crippen molar-refractivity contribution in [1.29, 1.82) is 0 Å². The molecular formula is C14H21NO. The Morgan fingerprint density at radius 3 is 3.12 bits per heavy atom. The lowest BCUT2D eigenvalue weighted by Crippen LogP contribution is -2.17. The summed E-state index contributed by atoms with van der Waals surface area (Å²) in [6.45, 7) is 2.98. The maximum atomic E-state index is 6.11. The molecule has 0 amide bonds. The molecule has 0 aliphatic heterocycles. The van der Waals surface area contributed by atoms with E-state index < -0.39 is 0 Å². The Bertz CT molecular complexity index is 349. The number of unbranched alkanes of at least 4 members (excludes halogenated alkanes) is 1. The number of hydrogen-bond acceptors (Lipinski definition) is 2. The molecule has 0 bridgehead atoms. The highest BCUT2D eigenvalue weighted by Crippen LogP contribution is 2.30. The second kappa shape index (κ2) is 5.35. The fourth-order valence-electron chi connectivity index (χ4n) is 2.24. The van der Waals surface area contributed by atoms with Gasteiger partial charge in [0.25, 0.3) is 0 Å². The van der Waals surface area contributed by atoms with Crippen LogP contribution in [0, 0.1) is 0 Å². The van der Waals surface area contributed by atoms with Crippen molar-refractivity contribution in [2.75, 3.05) is 6.61 Å². The second-order valence-corrected chi connectivity index (χ2v) is 4.56. The van der Waals surface area contributed by atoms with Crippen molar-refractivity contribution in [3.8, 4) is 5.75 Å². The highest BCUT2D eigenvalue weighted by molar-refractivity contribution is 5.39. The molecule has 16 heavy (non-hydrogen) atoms. The molecule has 2 rings (SSSR count). The Morgan fingerprint density at radius 1 is 1.44 bits per heavy atom. The molecule has 0 saturated carbocycles. The van der Waals surface area contributed by atoms with Crippen molar-refractivity contribution >= 4 is 0 Å². The molecule has 2 heteroatoms. The van der Waals surface area contributed by atoms with Gasteiger partial charge < -0.3 is 10.5 Å². The summed E-state index contributed by atoms with van der Waals surface area (Å²) in [5.74, 6) is 0.976. The fraction of sp³-hybridized carbons (Fsp3) is 0.571. The summed E-state index contributed by atoms with van der Waals surface area (Å²) in [6.07, 6.45) is 5.77. The van der Waals surface area contributed by atoms with Gasteiger partial charge in [0.2, 0.25) is 0 Å². The normalized spacial score (nSPS) is 19.2. The van der Waals surface area contributed by atoms with Gasteiger partial charge in [0.15, 0.2) is 0 Å². The maximum absolute atomic E-state index is 6.11. The van der Waals surface area contributed by atoms with Crippen LogP contribution in [0.25, 0.3) is 0 Å². The number of hydrogen-bond donors (Lipinski definition) is 1. The lowest BCUT2D eigenvalue weighted by Gasteiger charge is -2.22. The van der Waals surface area contributed by atoms with E-state index in [0.29, 0.717) is 0 Å². The summed E-state index contributed by atoms with van der Waals surface area (Å²) in [5, 5.41) is 0. The Balaban J connectivity index is 2.08. The molecule has 1 aliphatic rings. The molecule has 0 heterocycles. The highest BCUT2D eigenvalue weighted by Gasteiger charge is 2.16. The zero-order valence-corrected chi connectivity index (χ0v) is 10.0. The van der Waals surface area contributed by atoms with Gasteiger partial charge in [-0.25, -0.2) is 0 Å². The lowest BCUT2D eigenvalue weighted by atomic mass is 9.88. The van der Waals surface area contributed by atoms with E-state index in [-0.39, 0.29) is 6.04 Å². The van der Waals surface area contributed by atoms with Crippen molar-refractivity contribution in [2.24, 2.45) is 5.73 Å². The quantitative estimate of drug-likeness (QED) is 0.789. The lowest BCUT2D eigenvalue weighted by molar-refractivity contribution is 0.308. The number of benzene rings is 1. The highest BCUT2D eigenvalue weighted by atomic mass is 16.5. The average molecular weight is 219 g/mol. The molecule has 1 aromatic rings. The van der Waals surface area contributed by atoms with Gasteiger partial charge in [-0.05, 0) is 48.9 Å². The van der Waals surface area contributed by atoms with E-state index in [1.807, 2.05) is 0 Å². The van der Waals surface area contributed by atoms with E-state index in [1.165, 1.54) is 24.0 Å². The predicted octanol–water partition coefficient (Wildman–Crippen LogP) is 3.20. The maximum Gasteiger partial charge on any atom is 0.119 e. The third-order valence-electron chi connectivity index (χ3n) is 3.24. The van der Waals surface area contributed by atoms with E-state index in [1.54, 1.807) is 0 Å². The first-order valence-electron chi connectivity index (χ1n) is 6.32. The third-order valence-corrected chi connectivity index (χ3v) is 3.24. The zero-order valence-electron chi connectivity index (χ0n) is 10.0. The molecule has 0 unspecified atom stereocenters. The predicted molar refractivity (Wildman–Crippen MR) is 66.7 cm³/mol. The van der Waals surface area contributed by atoms with Crippen LogP contribution in [0.4, 0.5) is 0 Å². The molecule has 1 aromatic carbocycles. The molecule has 0 fully saturated rings. The van der Waals surface area contributed by atoms with Crippen molar-refractivity contribution in [3.05, 3.63) is 29.3 Å². The van der Waals surface area contributed by atoms with Crippen LogP contribution in [0.2, 0.25) is 0 Å². The van der Waals surface area contributed by atoms with Crippen LogP contribution < -0.4 is 10.5 Å². The molecular weight excluding hydrogens is 198 g/mol. The van der Waals surface area contributed by atoms with Crippen LogP contribution in [0.5, 0.6) is 5.75 Å². The van der Waals surface area contributed by atoms with Gasteiger partial charge in [0.05, 0.1) is 6.61 Å². The van der Waals surface area contributed by atoms with E-state index >= 15 is 0 Å². The van der Waals surface area contributed by atoms with Crippen LogP contribution in [0.1, 0.15) is 49.8 Å². The van der Waals surface area contributed by atoms with Crippen LogP contribution in [0.3, 0.4) is 0 Å². The Labute approximate surface area is 97.8 Å². The first-order chi connectivity index (χ1) is 7.81. The van der Waals surface area contributed by atoms with Crippen molar-refractivity contribution in [3.63, 3.8) is 0 Å². The first-order valence-corrected chi connectivity index (χ1v) is 6.32. The van der Waals surface area contributed by atoms with Crippen molar-refractivity contribution < 1.29 is 4.74 Å². The summed E-state index contributed by atoms with van der Waals surface area (Å²) < 4.78 is 5.71. The topological polar surface area (TPSA) is 35.2 Å². The fourth-order valence-corrected chi connectivity index (χ4v) is 2.24. The SMILES string of the molecule is CCCCOc1ccc2c(c1)[C@@H](N)CCC2. The minimum Gasteiger partial charge on any atom is -0.494 e. The van der Waals surface area contributed by atoms with E-state index in [2.05, 4.69) is 25.1 Å². The van der Waals surface area contributed by atoms with E-state index in [9.17, 15) is 0 Å². The summed E-state index contributed by atoms with van der Waals surface area (Å²) in [7, 11) is 0. The Morgan fingerprint density at radius 2 is 2.31 bits per heavy atom. The van der Waals surface area contributed by atoms with Gasteiger partial charge in [0, 0.05) is 6.04 Å². The zero-order chi connectivity index (χ0) is 11.4. The molecule has 0 saturated heterocycles. The van der Waals surface area contributed by atoms with Crippen molar-refractivity contribution in [2.45, 2.75) is 45.1 Å². The summed E-state index contributed by atoms with van der Waals surface area (Å²) in [6, 6.07) is 6.59. The van der Waals surface area contributed by atoms with Gasteiger partial charge in [-0.3, -0.25) is 0 Å². The van der Waals surface area contributed by atoms with E-state index in [0.717, 1.165) is 31.6 Å². The molecule has 1 atom stereocenters. The number of aryl methyl sites for hydroxylation is 1. The van der Waals surface area contributed by atoms with Gasteiger partial charge in [-0.2, -0.15) is 0 Å². The summed E-state index contributed by atoms with van der Waals surface area (Å²) >= 11 is 0. The van der Waals surface area contributed by atoms with Gasteiger partial charge in [-0.1, -0.05) is 19.4 Å². The van der Waals surface area contributed by atoms with Gasteiger partial charge in [0.1, 0.15) is 5.75 Å². The molecule has 0 spiro atoms. The molecule has 2 nitrogen and oxygen atoms in total. The van der Waals surface area contributed by atoms with Crippen LogP contribution in [-0.4, -0.2) is 6.61 Å². The molecule has 88 valence electrons. The molecule has 0 aromatic heterocycles. The number of fused-ring (bicyclic) bond motifs is 1. The molecule has 1 aliphatic carbocycles. The molecule has 0 radical (unpaired) electrons. The summed E-state index contributed by atoms with van der Waals surface area (Å²) in [4.78, 5) is 0. The Hall–Kier alpha value is -1.02. The Kier molecular flexibility index (Phi) is 3.83. The largest absolute Gasteiger partial charge is 0.494 e. The number of rotatable bonds is 4.